The lowest BCUT2D eigenvalue weighted by Gasteiger charge is -2.27. The Labute approximate surface area is 191 Å². The second kappa shape index (κ2) is 9.51. The van der Waals surface area contributed by atoms with Gasteiger partial charge in [0.1, 0.15) is 11.9 Å². The molecule has 1 aliphatic heterocycles. The van der Waals surface area contributed by atoms with Crippen molar-refractivity contribution in [2.75, 3.05) is 19.8 Å². The summed E-state index contributed by atoms with van der Waals surface area (Å²) in [4.78, 5) is 19.2. The molecule has 4 heterocycles. The Morgan fingerprint density at radius 2 is 2.22 bits per heavy atom. The standard InChI is InChI=1S/C18H20Cl2FN7O4/c1-2-12-14(28(29)30)17(25-27(12)13-4-7-31-9-11(13)21)32-6-3-5-26-16-10(15(19)24-26)8-22-18(20)23-16/h8,11,13H,2-7,9H2,1H3/t11-,13-/m0/s1. The highest BCUT2D eigenvalue weighted by atomic mass is 35.5. The number of rotatable bonds is 8. The van der Waals surface area contributed by atoms with Gasteiger partial charge in [-0.3, -0.25) is 14.8 Å². The van der Waals surface area contributed by atoms with Gasteiger partial charge in [0.05, 0.1) is 29.6 Å². The van der Waals surface area contributed by atoms with Crippen LogP contribution in [0.25, 0.3) is 11.0 Å². The summed E-state index contributed by atoms with van der Waals surface area (Å²) in [7, 11) is 0. The Morgan fingerprint density at radius 1 is 1.41 bits per heavy atom. The summed E-state index contributed by atoms with van der Waals surface area (Å²) in [6, 6.07) is -0.628. The van der Waals surface area contributed by atoms with E-state index < -0.39 is 17.1 Å². The fourth-order valence-corrected chi connectivity index (χ4v) is 4.08. The van der Waals surface area contributed by atoms with Gasteiger partial charge in [-0.15, -0.1) is 5.10 Å². The number of alkyl halides is 1. The summed E-state index contributed by atoms with van der Waals surface area (Å²) in [6.07, 6.45) is 1.32. The summed E-state index contributed by atoms with van der Waals surface area (Å²) in [6.45, 7) is 2.55. The van der Waals surface area contributed by atoms with Crippen LogP contribution in [0.1, 0.15) is 31.5 Å². The van der Waals surface area contributed by atoms with Crippen molar-refractivity contribution in [3.63, 3.8) is 0 Å². The van der Waals surface area contributed by atoms with Crippen LogP contribution in [0.15, 0.2) is 6.20 Å². The first-order valence-corrected chi connectivity index (χ1v) is 10.8. The third-order valence-electron chi connectivity index (χ3n) is 5.20. The maximum atomic E-state index is 14.4. The fourth-order valence-electron chi connectivity index (χ4n) is 3.73. The van der Waals surface area contributed by atoms with E-state index in [2.05, 4.69) is 20.2 Å². The molecule has 0 aromatic carbocycles. The lowest BCUT2D eigenvalue weighted by Crippen LogP contribution is -2.32. The van der Waals surface area contributed by atoms with Gasteiger partial charge in [-0.25, -0.2) is 14.1 Å². The fraction of sp³-hybridized carbons (Fsp3) is 0.556. The third-order valence-corrected chi connectivity index (χ3v) is 5.66. The van der Waals surface area contributed by atoms with Gasteiger partial charge in [0.25, 0.3) is 0 Å². The van der Waals surface area contributed by atoms with Gasteiger partial charge in [0.15, 0.2) is 10.8 Å². The zero-order valence-corrected chi connectivity index (χ0v) is 18.6. The van der Waals surface area contributed by atoms with E-state index in [0.717, 1.165) is 0 Å². The molecular weight excluding hydrogens is 468 g/mol. The van der Waals surface area contributed by atoms with Crippen molar-refractivity contribution in [1.82, 2.24) is 29.5 Å². The van der Waals surface area contributed by atoms with Crippen LogP contribution in [0, 0.1) is 10.1 Å². The average Bonchev–Trinajstić information content (AvgIpc) is 3.28. The number of hydrogen-bond acceptors (Lipinski definition) is 8. The highest BCUT2D eigenvalue weighted by Crippen LogP contribution is 2.36. The molecule has 0 aliphatic carbocycles. The molecule has 3 aromatic heterocycles. The molecule has 0 N–H and O–H groups in total. The van der Waals surface area contributed by atoms with E-state index in [1.807, 2.05) is 0 Å². The van der Waals surface area contributed by atoms with Gasteiger partial charge in [-0.1, -0.05) is 18.5 Å². The number of aromatic nitrogens is 6. The molecule has 0 saturated carbocycles. The van der Waals surface area contributed by atoms with Gasteiger partial charge in [-0.2, -0.15) is 10.1 Å². The molecule has 4 rings (SSSR count). The summed E-state index contributed by atoms with van der Waals surface area (Å²) < 4.78 is 28.1. The highest BCUT2D eigenvalue weighted by Gasteiger charge is 2.35. The van der Waals surface area contributed by atoms with Gasteiger partial charge in [0, 0.05) is 25.8 Å². The van der Waals surface area contributed by atoms with E-state index in [-0.39, 0.29) is 35.2 Å². The summed E-state index contributed by atoms with van der Waals surface area (Å²) >= 11 is 12.0. The molecule has 2 atom stereocenters. The number of nitrogens with zero attached hydrogens (tertiary/aromatic N) is 7. The lowest BCUT2D eigenvalue weighted by molar-refractivity contribution is -0.386. The number of hydrogen-bond donors (Lipinski definition) is 0. The van der Waals surface area contributed by atoms with E-state index in [9.17, 15) is 14.5 Å². The quantitative estimate of drug-likeness (QED) is 0.204. The van der Waals surface area contributed by atoms with Crippen LogP contribution < -0.4 is 4.74 Å². The first kappa shape index (κ1) is 22.6. The third kappa shape index (κ3) is 4.34. The normalized spacial score (nSPS) is 18.9. The minimum absolute atomic E-state index is 0.0639. The first-order chi connectivity index (χ1) is 15.4. The Hall–Kier alpha value is -2.57. The van der Waals surface area contributed by atoms with Crippen LogP contribution in [0.2, 0.25) is 10.4 Å². The number of aryl methyl sites for hydroxylation is 1. The molecular formula is C18H20Cl2FN7O4. The number of ether oxygens (including phenoxy) is 2. The van der Waals surface area contributed by atoms with Crippen molar-refractivity contribution in [3.8, 4) is 5.88 Å². The molecule has 1 fully saturated rings. The highest BCUT2D eigenvalue weighted by molar-refractivity contribution is 6.34. The van der Waals surface area contributed by atoms with E-state index in [1.165, 1.54) is 10.9 Å². The Kier molecular flexibility index (Phi) is 6.72. The van der Waals surface area contributed by atoms with Crippen LogP contribution in [0.3, 0.4) is 0 Å². The van der Waals surface area contributed by atoms with E-state index in [1.54, 1.807) is 11.6 Å². The number of fused-ring (bicyclic) bond motifs is 1. The topological polar surface area (TPSA) is 123 Å². The van der Waals surface area contributed by atoms with Gasteiger partial charge >= 0.3 is 11.6 Å². The maximum absolute atomic E-state index is 14.4. The number of halogens is 3. The number of nitro groups is 1. The Bertz CT molecular complexity index is 1140. The van der Waals surface area contributed by atoms with Crippen molar-refractivity contribution in [2.24, 2.45) is 0 Å². The van der Waals surface area contributed by atoms with Crippen molar-refractivity contribution in [3.05, 3.63) is 32.4 Å². The van der Waals surface area contributed by atoms with Gasteiger partial charge in [0.2, 0.25) is 5.28 Å². The molecule has 0 spiro atoms. The lowest BCUT2D eigenvalue weighted by atomic mass is 10.1. The second-order valence-corrected chi connectivity index (χ2v) is 7.89. The molecule has 11 nitrogen and oxygen atoms in total. The molecule has 32 heavy (non-hydrogen) atoms. The summed E-state index contributed by atoms with van der Waals surface area (Å²) in [5, 5.41) is 21.1. The molecule has 172 valence electrons. The van der Waals surface area contributed by atoms with E-state index in [4.69, 9.17) is 32.7 Å². The smallest absolute Gasteiger partial charge is 0.353 e. The minimum atomic E-state index is -1.30. The maximum Gasteiger partial charge on any atom is 0.353 e. The Balaban J connectivity index is 1.50. The van der Waals surface area contributed by atoms with Crippen LogP contribution >= 0.6 is 23.2 Å². The molecule has 1 aliphatic rings. The monoisotopic (exact) mass is 487 g/mol. The first-order valence-electron chi connectivity index (χ1n) is 10.1. The van der Waals surface area contributed by atoms with Crippen molar-refractivity contribution < 1.29 is 18.8 Å². The zero-order chi connectivity index (χ0) is 22.8. The SMILES string of the molecule is CCc1c([N+](=O)[O-])c(OCCCn2nc(Cl)c3cnc(Cl)nc32)nn1[C@H]1CCOC[C@@H]1F. The van der Waals surface area contributed by atoms with Crippen molar-refractivity contribution >= 4 is 39.9 Å². The van der Waals surface area contributed by atoms with E-state index in [0.29, 0.717) is 49.1 Å². The van der Waals surface area contributed by atoms with E-state index >= 15 is 0 Å². The predicted molar refractivity (Wildman–Crippen MR) is 113 cm³/mol. The molecule has 14 heteroatoms. The van der Waals surface area contributed by atoms with Crippen molar-refractivity contribution in [2.45, 2.75) is 44.9 Å². The molecule has 1 saturated heterocycles. The van der Waals surface area contributed by atoms with Gasteiger partial charge in [-0.05, 0) is 24.4 Å². The Morgan fingerprint density at radius 3 is 2.94 bits per heavy atom. The molecule has 0 amide bonds. The minimum Gasteiger partial charge on any atom is -0.472 e. The molecule has 0 bridgehead atoms. The van der Waals surface area contributed by atoms with Gasteiger partial charge < -0.3 is 9.47 Å². The van der Waals surface area contributed by atoms with Crippen molar-refractivity contribution in [1.29, 1.82) is 0 Å². The zero-order valence-electron chi connectivity index (χ0n) is 17.1. The molecule has 0 radical (unpaired) electrons. The van der Waals surface area contributed by atoms with Crippen LogP contribution in [-0.2, 0) is 17.7 Å². The van der Waals surface area contributed by atoms with Crippen LogP contribution in [0.5, 0.6) is 5.88 Å². The largest absolute Gasteiger partial charge is 0.472 e. The average molecular weight is 488 g/mol. The summed E-state index contributed by atoms with van der Waals surface area (Å²) in [5.74, 6) is -0.126. The van der Waals surface area contributed by atoms with Crippen LogP contribution in [0.4, 0.5) is 10.1 Å². The van der Waals surface area contributed by atoms with Crippen LogP contribution in [-0.4, -0.2) is 60.4 Å². The molecule has 3 aromatic rings. The molecule has 0 unspecified atom stereocenters. The summed E-state index contributed by atoms with van der Waals surface area (Å²) in [5.41, 5.74) is 0.570. The second-order valence-electron chi connectivity index (χ2n) is 7.19. The predicted octanol–water partition coefficient (Wildman–Crippen LogP) is 3.57.